The molecule has 0 bridgehead atoms. The highest BCUT2D eigenvalue weighted by atomic mass is 35.5. The number of hydrogen-bond donors (Lipinski definition) is 2. The van der Waals surface area contributed by atoms with Crippen LogP contribution in [0.1, 0.15) is 36.1 Å². The minimum absolute atomic E-state index is 0.0130. The molecule has 2 aromatic carbocycles. The Labute approximate surface area is 234 Å². The smallest absolute Gasteiger partial charge is 0.253 e. The third-order valence-corrected chi connectivity index (χ3v) is 7.61. The first-order valence-electron chi connectivity index (χ1n) is 11.9. The van der Waals surface area contributed by atoms with Gasteiger partial charge in [0.05, 0.1) is 28.1 Å². The van der Waals surface area contributed by atoms with Crippen LogP contribution in [0.2, 0.25) is 5.02 Å². The van der Waals surface area contributed by atoms with Gasteiger partial charge in [-0.3, -0.25) is 9.59 Å². The van der Waals surface area contributed by atoms with Crippen LogP contribution < -0.4 is 10.6 Å². The Kier molecular flexibility index (Phi) is 9.33. The van der Waals surface area contributed by atoms with Crippen molar-refractivity contribution in [1.29, 1.82) is 0 Å². The number of thiazole rings is 1. The molecular formula is C27H27ClN6O2S2. The molecule has 2 N–H and O–H groups in total. The molecule has 0 fully saturated rings. The lowest BCUT2D eigenvalue weighted by Crippen LogP contribution is -2.34. The summed E-state index contributed by atoms with van der Waals surface area (Å²) in [7, 11) is 0. The quantitative estimate of drug-likeness (QED) is 0.168. The van der Waals surface area contributed by atoms with Crippen molar-refractivity contribution >= 4 is 51.6 Å². The Morgan fingerprint density at radius 1 is 1.13 bits per heavy atom. The molecule has 11 heteroatoms. The van der Waals surface area contributed by atoms with Gasteiger partial charge in [0.2, 0.25) is 5.91 Å². The summed E-state index contributed by atoms with van der Waals surface area (Å²) in [6, 6.07) is 16.2. The van der Waals surface area contributed by atoms with Crippen LogP contribution in [0.15, 0.2) is 77.8 Å². The van der Waals surface area contributed by atoms with Crippen molar-refractivity contribution in [2.75, 3.05) is 11.1 Å². The number of halogens is 1. The number of carbonyl (C=O) groups is 2. The Morgan fingerprint density at radius 2 is 1.87 bits per heavy atom. The summed E-state index contributed by atoms with van der Waals surface area (Å²) in [6.07, 6.45) is 1.73. The van der Waals surface area contributed by atoms with Crippen LogP contribution in [0, 0.1) is 5.92 Å². The Hall–Kier alpha value is -3.47. The van der Waals surface area contributed by atoms with Crippen LogP contribution in [-0.2, 0) is 11.3 Å². The zero-order chi connectivity index (χ0) is 27.1. The lowest BCUT2D eigenvalue weighted by Gasteiger charge is -2.22. The highest BCUT2D eigenvalue weighted by Gasteiger charge is 2.27. The summed E-state index contributed by atoms with van der Waals surface area (Å²) in [6.45, 7) is 8.24. The van der Waals surface area contributed by atoms with Gasteiger partial charge in [0.25, 0.3) is 5.91 Å². The van der Waals surface area contributed by atoms with E-state index in [1.807, 2.05) is 54.1 Å². The fourth-order valence-electron chi connectivity index (χ4n) is 3.69. The lowest BCUT2D eigenvalue weighted by molar-refractivity contribution is -0.113. The van der Waals surface area contributed by atoms with Gasteiger partial charge in [0.15, 0.2) is 16.1 Å². The minimum atomic E-state index is -0.430. The van der Waals surface area contributed by atoms with Gasteiger partial charge in [-0.05, 0) is 18.1 Å². The molecule has 0 aliphatic rings. The monoisotopic (exact) mass is 566 g/mol. The first-order valence-corrected chi connectivity index (χ1v) is 14.1. The van der Waals surface area contributed by atoms with Gasteiger partial charge < -0.3 is 15.2 Å². The van der Waals surface area contributed by atoms with Gasteiger partial charge in [-0.2, -0.15) is 0 Å². The van der Waals surface area contributed by atoms with Gasteiger partial charge in [-0.1, -0.05) is 85.8 Å². The molecule has 196 valence electrons. The molecule has 0 saturated carbocycles. The van der Waals surface area contributed by atoms with Crippen LogP contribution in [0.25, 0.3) is 11.3 Å². The Bertz CT molecular complexity index is 1420. The number of nitrogens with zero attached hydrogens (tertiary/aromatic N) is 4. The normalized spacial score (nSPS) is 11.8. The number of carbonyl (C=O) groups excluding carboxylic acids is 2. The van der Waals surface area contributed by atoms with E-state index in [1.54, 1.807) is 30.3 Å². The van der Waals surface area contributed by atoms with E-state index in [2.05, 4.69) is 32.4 Å². The summed E-state index contributed by atoms with van der Waals surface area (Å²) >= 11 is 8.85. The SMILES string of the molecule is C=CCn1c(SCC(=O)Nc2nc(-c3ccccc3)cs2)nnc1[C@@H](NC(=O)c1ccccc1Cl)C(C)C. The Morgan fingerprint density at radius 3 is 2.58 bits per heavy atom. The molecule has 2 aromatic heterocycles. The largest absolute Gasteiger partial charge is 0.342 e. The summed E-state index contributed by atoms with van der Waals surface area (Å²) < 4.78 is 1.86. The van der Waals surface area contributed by atoms with Crippen molar-refractivity contribution in [1.82, 2.24) is 25.1 Å². The second kappa shape index (κ2) is 12.9. The third kappa shape index (κ3) is 6.69. The first kappa shape index (κ1) is 27.6. The molecule has 0 saturated heterocycles. The van der Waals surface area contributed by atoms with E-state index in [9.17, 15) is 9.59 Å². The number of rotatable bonds is 11. The van der Waals surface area contributed by atoms with Gasteiger partial charge in [-0.25, -0.2) is 4.98 Å². The molecule has 0 spiro atoms. The average Bonchev–Trinajstić information content (AvgIpc) is 3.54. The van der Waals surface area contributed by atoms with E-state index < -0.39 is 6.04 Å². The molecule has 38 heavy (non-hydrogen) atoms. The zero-order valence-electron chi connectivity index (χ0n) is 20.9. The molecule has 1 atom stereocenters. The summed E-state index contributed by atoms with van der Waals surface area (Å²) in [4.78, 5) is 30.2. The molecule has 8 nitrogen and oxygen atoms in total. The van der Waals surface area contributed by atoms with Crippen molar-refractivity contribution in [2.24, 2.45) is 5.92 Å². The maximum absolute atomic E-state index is 13.0. The number of hydrogen-bond acceptors (Lipinski definition) is 7. The number of amides is 2. The van der Waals surface area contributed by atoms with E-state index in [0.717, 1.165) is 11.3 Å². The lowest BCUT2D eigenvalue weighted by atomic mass is 10.0. The summed E-state index contributed by atoms with van der Waals surface area (Å²) in [5, 5.41) is 18.0. The third-order valence-electron chi connectivity index (χ3n) is 5.56. The van der Waals surface area contributed by atoms with Crippen molar-refractivity contribution in [3.63, 3.8) is 0 Å². The maximum Gasteiger partial charge on any atom is 0.253 e. The van der Waals surface area contributed by atoms with Crippen molar-refractivity contribution in [2.45, 2.75) is 31.6 Å². The Balaban J connectivity index is 1.45. The van der Waals surface area contributed by atoms with Gasteiger partial charge in [0.1, 0.15) is 0 Å². The van der Waals surface area contributed by atoms with Crippen LogP contribution >= 0.6 is 34.7 Å². The van der Waals surface area contributed by atoms with E-state index in [-0.39, 0.29) is 23.5 Å². The second-order valence-electron chi connectivity index (χ2n) is 8.66. The molecule has 4 rings (SSSR count). The molecule has 0 aliphatic heterocycles. The number of anilines is 1. The standard InChI is InChI=1S/C27H27ClN6O2S2/c1-4-14-34-24(23(17(2)3)31-25(36)19-12-8-9-13-20(19)28)32-33-27(34)38-16-22(35)30-26-29-21(15-37-26)18-10-6-5-7-11-18/h4-13,15,17,23H,1,14,16H2,2-3H3,(H,31,36)(H,29,30,35)/t23-/m0/s1. The molecule has 2 heterocycles. The first-order chi connectivity index (χ1) is 18.4. The number of nitrogens with one attached hydrogen (secondary N) is 2. The van der Waals surface area contributed by atoms with Crippen LogP contribution in [0.5, 0.6) is 0 Å². The van der Waals surface area contributed by atoms with E-state index in [1.165, 1.54) is 23.1 Å². The number of aromatic nitrogens is 4. The predicted octanol–water partition coefficient (Wildman–Crippen LogP) is 6.10. The molecule has 2 amide bonds. The molecule has 0 aliphatic carbocycles. The fourth-order valence-corrected chi connectivity index (χ4v) is 5.40. The number of benzene rings is 2. The highest BCUT2D eigenvalue weighted by Crippen LogP contribution is 2.28. The number of allylic oxidation sites excluding steroid dienone is 1. The van der Waals surface area contributed by atoms with E-state index in [4.69, 9.17) is 11.6 Å². The van der Waals surface area contributed by atoms with E-state index in [0.29, 0.717) is 33.2 Å². The van der Waals surface area contributed by atoms with Crippen LogP contribution in [0.3, 0.4) is 0 Å². The van der Waals surface area contributed by atoms with Crippen molar-refractivity contribution in [3.05, 3.63) is 89.0 Å². The summed E-state index contributed by atoms with van der Waals surface area (Å²) in [5.41, 5.74) is 2.19. The van der Waals surface area contributed by atoms with Gasteiger partial charge >= 0.3 is 0 Å². The average molecular weight is 567 g/mol. The number of thioether (sulfide) groups is 1. The van der Waals surface area contributed by atoms with Crippen molar-refractivity contribution in [3.8, 4) is 11.3 Å². The molecular weight excluding hydrogens is 540 g/mol. The summed E-state index contributed by atoms with van der Waals surface area (Å²) in [5.74, 6) is 0.212. The predicted molar refractivity (Wildman–Crippen MR) is 154 cm³/mol. The highest BCUT2D eigenvalue weighted by molar-refractivity contribution is 7.99. The van der Waals surface area contributed by atoms with Crippen molar-refractivity contribution < 1.29 is 9.59 Å². The molecule has 0 unspecified atom stereocenters. The van der Waals surface area contributed by atoms with E-state index >= 15 is 0 Å². The van der Waals surface area contributed by atoms with Crippen LogP contribution in [0.4, 0.5) is 5.13 Å². The topological polar surface area (TPSA) is 102 Å². The maximum atomic E-state index is 13.0. The van der Waals surface area contributed by atoms with Crippen LogP contribution in [-0.4, -0.2) is 37.3 Å². The van der Waals surface area contributed by atoms with Gasteiger partial charge in [-0.15, -0.1) is 28.1 Å². The second-order valence-corrected chi connectivity index (χ2v) is 10.9. The molecule has 0 radical (unpaired) electrons. The zero-order valence-corrected chi connectivity index (χ0v) is 23.3. The van der Waals surface area contributed by atoms with Gasteiger partial charge in [0, 0.05) is 17.5 Å². The fraction of sp³-hybridized carbons (Fsp3) is 0.222. The minimum Gasteiger partial charge on any atom is -0.342 e. The molecule has 4 aromatic rings.